The molecule has 0 saturated carbocycles. The minimum absolute atomic E-state index is 0.296. The molecule has 0 aromatic heterocycles. The predicted octanol–water partition coefficient (Wildman–Crippen LogP) is 2.49. The highest BCUT2D eigenvalue weighted by molar-refractivity contribution is 5.91. The number of aliphatic hydroxyl groups is 3. The molecule has 0 aliphatic carbocycles. The van der Waals surface area contributed by atoms with Gasteiger partial charge in [0, 0.05) is 7.11 Å². The Bertz CT molecular complexity index is 654. The second-order valence-electron chi connectivity index (χ2n) is 9.32. The first-order valence-electron chi connectivity index (χ1n) is 13.5. The lowest BCUT2D eigenvalue weighted by atomic mass is 9.97. The molecule has 1 saturated heterocycles. The lowest BCUT2D eigenvalue weighted by Crippen LogP contribution is -2.65. The third kappa shape index (κ3) is 13.5. The molecule has 0 radical (unpaired) electrons. The fourth-order valence-corrected chi connectivity index (χ4v) is 4.07. The Hall–Kier alpha value is -1.78. The van der Waals surface area contributed by atoms with Gasteiger partial charge in [0.05, 0.1) is 13.2 Å². The van der Waals surface area contributed by atoms with E-state index in [-0.39, 0.29) is 12.5 Å². The predicted molar refractivity (Wildman–Crippen MR) is 139 cm³/mol. The number of carbonyl (C=O) groups excluding carboxylic acids is 2. The van der Waals surface area contributed by atoms with Gasteiger partial charge in [0.2, 0.25) is 11.8 Å². The van der Waals surface area contributed by atoms with E-state index in [0.29, 0.717) is 0 Å². The van der Waals surface area contributed by atoms with Gasteiger partial charge in [0.1, 0.15) is 24.4 Å². The van der Waals surface area contributed by atoms with Crippen LogP contribution < -0.4 is 10.6 Å². The van der Waals surface area contributed by atoms with E-state index in [4.69, 9.17) is 9.47 Å². The molecule has 0 bridgehead atoms. The number of amides is 2. The second kappa shape index (κ2) is 20.3. The summed E-state index contributed by atoms with van der Waals surface area (Å²) in [6.45, 7) is 1.43. The Balaban J connectivity index is 2.10. The summed E-state index contributed by atoms with van der Waals surface area (Å²) in [6.07, 6.45) is 17.2. The number of allylic oxidation sites excluding steroid dienone is 3. The standard InChI is InChI=1S/C27H48N2O7/c1-3-4-5-6-7-8-9-10-11-12-13-14-15-16-17-18-22(31)28-19-23(32)29-24-26(34)25(33)21(20-30)36-27(24)35-2/h8-9,17-18,21,24-27,30,33-34H,3-7,10-16,19-20H2,1-2H3,(H,28,31)(H,29,32)/b9-8-,18-17+. The second-order valence-corrected chi connectivity index (χ2v) is 9.32. The summed E-state index contributed by atoms with van der Waals surface area (Å²) in [7, 11) is 1.32. The minimum atomic E-state index is -1.39. The Kier molecular flexibility index (Phi) is 18.2. The molecule has 1 fully saturated rings. The number of hydrogen-bond donors (Lipinski definition) is 5. The molecule has 0 aromatic carbocycles. The van der Waals surface area contributed by atoms with Crippen LogP contribution in [0, 0.1) is 0 Å². The van der Waals surface area contributed by atoms with Gasteiger partial charge >= 0.3 is 0 Å². The molecule has 2 amide bonds. The summed E-state index contributed by atoms with van der Waals surface area (Å²) in [5, 5.41) is 34.4. The molecule has 5 N–H and O–H groups in total. The van der Waals surface area contributed by atoms with Crippen LogP contribution in [0.15, 0.2) is 24.3 Å². The van der Waals surface area contributed by atoms with Crippen molar-refractivity contribution in [2.24, 2.45) is 0 Å². The van der Waals surface area contributed by atoms with Crippen LogP contribution in [0.2, 0.25) is 0 Å². The highest BCUT2D eigenvalue weighted by Gasteiger charge is 2.45. The summed E-state index contributed by atoms with van der Waals surface area (Å²) < 4.78 is 10.4. The van der Waals surface area contributed by atoms with Gasteiger partial charge in [-0.15, -0.1) is 0 Å². The van der Waals surface area contributed by atoms with Gasteiger partial charge in [0.15, 0.2) is 6.29 Å². The van der Waals surface area contributed by atoms with Gasteiger partial charge in [0.25, 0.3) is 0 Å². The summed E-state index contributed by atoms with van der Waals surface area (Å²) in [4.78, 5) is 24.1. The highest BCUT2D eigenvalue weighted by Crippen LogP contribution is 2.21. The van der Waals surface area contributed by atoms with Crippen molar-refractivity contribution < 1.29 is 34.4 Å². The van der Waals surface area contributed by atoms with E-state index in [1.54, 1.807) is 6.08 Å². The minimum Gasteiger partial charge on any atom is -0.394 e. The molecular formula is C27H48N2O7. The third-order valence-corrected chi connectivity index (χ3v) is 6.27. The van der Waals surface area contributed by atoms with Crippen molar-refractivity contribution in [3.63, 3.8) is 0 Å². The number of methoxy groups -OCH3 is 1. The molecule has 9 nitrogen and oxygen atoms in total. The number of nitrogens with one attached hydrogen (secondary N) is 2. The molecule has 36 heavy (non-hydrogen) atoms. The Morgan fingerprint density at radius 2 is 1.47 bits per heavy atom. The molecule has 208 valence electrons. The van der Waals surface area contributed by atoms with Crippen LogP contribution in [0.3, 0.4) is 0 Å². The maximum Gasteiger partial charge on any atom is 0.244 e. The first kappa shape index (κ1) is 32.2. The Labute approximate surface area is 216 Å². The van der Waals surface area contributed by atoms with E-state index in [2.05, 4.69) is 29.7 Å². The van der Waals surface area contributed by atoms with Crippen LogP contribution in [0.25, 0.3) is 0 Å². The van der Waals surface area contributed by atoms with Crippen LogP contribution in [0.4, 0.5) is 0 Å². The molecule has 1 aliphatic heterocycles. The van der Waals surface area contributed by atoms with Gasteiger partial charge in [-0.2, -0.15) is 0 Å². The van der Waals surface area contributed by atoms with E-state index in [1.807, 2.05) is 0 Å². The number of carbonyl (C=O) groups is 2. The third-order valence-electron chi connectivity index (χ3n) is 6.27. The average molecular weight is 513 g/mol. The van der Waals surface area contributed by atoms with Gasteiger partial charge in [-0.1, -0.05) is 63.7 Å². The molecule has 5 atom stereocenters. The Morgan fingerprint density at radius 1 is 0.889 bits per heavy atom. The number of ether oxygens (including phenoxy) is 2. The van der Waals surface area contributed by atoms with Crippen LogP contribution in [-0.2, 0) is 19.1 Å². The van der Waals surface area contributed by atoms with Crippen molar-refractivity contribution >= 4 is 11.8 Å². The molecule has 1 rings (SSSR count). The van der Waals surface area contributed by atoms with E-state index in [1.165, 1.54) is 64.6 Å². The zero-order valence-corrected chi connectivity index (χ0v) is 22.1. The zero-order chi connectivity index (χ0) is 26.6. The van der Waals surface area contributed by atoms with Crippen molar-refractivity contribution in [3.8, 4) is 0 Å². The van der Waals surface area contributed by atoms with Crippen LogP contribution in [-0.4, -0.2) is 78.0 Å². The molecule has 0 spiro atoms. The lowest BCUT2D eigenvalue weighted by Gasteiger charge is -2.41. The average Bonchev–Trinajstić information content (AvgIpc) is 2.88. The molecular weight excluding hydrogens is 464 g/mol. The number of unbranched alkanes of at least 4 members (excludes halogenated alkanes) is 10. The molecule has 9 heteroatoms. The van der Waals surface area contributed by atoms with E-state index in [9.17, 15) is 24.9 Å². The fourth-order valence-electron chi connectivity index (χ4n) is 4.07. The summed E-state index contributed by atoms with van der Waals surface area (Å²) in [6, 6.07) is -1.04. The molecule has 1 heterocycles. The summed E-state index contributed by atoms with van der Waals surface area (Å²) in [5.74, 6) is -0.941. The van der Waals surface area contributed by atoms with Crippen molar-refractivity contribution in [1.82, 2.24) is 10.6 Å². The highest BCUT2D eigenvalue weighted by atomic mass is 16.7. The quantitative estimate of drug-likeness (QED) is 0.102. The Morgan fingerprint density at radius 3 is 2.06 bits per heavy atom. The van der Waals surface area contributed by atoms with Crippen LogP contribution >= 0.6 is 0 Å². The van der Waals surface area contributed by atoms with Crippen LogP contribution in [0.5, 0.6) is 0 Å². The first-order valence-corrected chi connectivity index (χ1v) is 13.5. The SMILES string of the molecule is CCCCCC/C=C\CCCCCCC/C=C/C(=O)NCC(=O)NC1C(OC)OC(CO)C(O)C1O. The zero-order valence-electron chi connectivity index (χ0n) is 22.1. The first-order chi connectivity index (χ1) is 17.4. The maximum atomic E-state index is 12.2. The molecule has 1 aliphatic rings. The van der Waals surface area contributed by atoms with Gasteiger partial charge in [-0.3, -0.25) is 9.59 Å². The lowest BCUT2D eigenvalue weighted by molar-refractivity contribution is -0.262. The largest absolute Gasteiger partial charge is 0.394 e. The van der Waals surface area contributed by atoms with Crippen molar-refractivity contribution in [2.75, 3.05) is 20.3 Å². The summed E-state index contributed by atoms with van der Waals surface area (Å²) >= 11 is 0. The number of hydrogen-bond acceptors (Lipinski definition) is 7. The van der Waals surface area contributed by atoms with E-state index < -0.39 is 43.2 Å². The van der Waals surface area contributed by atoms with E-state index >= 15 is 0 Å². The topological polar surface area (TPSA) is 137 Å². The van der Waals surface area contributed by atoms with Crippen molar-refractivity contribution in [2.45, 2.75) is 115 Å². The smallest absolute Gasteiger partial charge is 0.244 e. The number of aliphatic hydroxyl groups excluding tert-OH is 3. The van der Waals surface area contributed by atoms with E-state index in [0.717, 1.165) is 25.7 Å². The monoisotopic (exact) mass is 512 g/mol. The fraction of sp³-hybridized carbons (Fsp3) is 0.778. The van der Waals surface area contributed by atoms with Gasteiger partial charge < -0.3 is 35.4 Å². The summed E-state index contributed by atoms with van der Waals surface area (Å²) in [5.41, 5.74) is 0. The van der Waals surface area contributed by atoms with Gasteiger partial charge in [-0.05, 0) is 44.6 Å². The van der Waals surface area contributed by atoms with Crippen molar-refractivity contribution in [3.05, 3.63) is 24.3 Å². The molecule has 5 unspecified atom stereocenters. The van der Waals surface area contributed by atoms with Crippen LogP contribution in [0.1, 0.15) is 84.0 Å². The molecule has 0 aromatic rings. The number of rotatable bonds is 19. The van der Waals surface area contributed by atoms with Crippen molar-refractivity contribution in [1.29, 1.82) is 0 Å². The maximum absolute atomic E-state index is 12.2. The van der Waals surface area contributed by atoms with Gasteiger partial charge in [-0.25, -0.2) is 0 Å². The normalized spacial score (nSPS) is 24.4.